The van der Waals surface area contributed by atoms with Gasteiger partial charge in [-0.15, -0.1) is 0 Å². The zero-order chi connectivity index (χ0) is 11.2. The van der Waals surface area contributed by atoms with Crippen molar-refractivity contribution in [1.82, 2.24) is 0 Å². The Morgan fingerprint density at radius 2 is 1.69 bits per heavy atom. The van der Waals surface area contributed by atoms with Crippen LogP contribution in [-0.4, -0.2) is 19.8 Å². The minimum absolute atomic E-state index is 0.735. The Morgan fingerprint density at radius 1 is 1.06 bits per heavy atom. The fourth-order valence-electron chi connectivity index (χ4n) is 2.29. The highest BCUT2D eigenvalue weighted by Crippen LogP contribution is 2.20. The Labute approximate surface area is 97.8 Å². The molecule has 88 valence electrons. The van der Waals surface area contributed by atoms with Gasteiger partial charge in [-0.3, -0.25) is 0 Å². The van der Waals surface area contributed by atoms with Gasteiger partial charge in [0.25, 0.3) is 0 Å². The smallest absolute Gasteiger partial charge is 0.0468 e. The molecular weight excluding hydrogens is 198 g/mol. The molecular formula is C14H21NO. The number of rotatable bonds is 4. The van der Waals surface area contributed by atoms with Crippen LogP contribution in [0.1, 0.15) is 24.0 Å². The third-order valence-corrected chi connectivity index (χ3v) is 3.32. The molecule has 1 heterocycles. The van der Waals surface area contributed by atoms with E-state index in [9.17, 15) is 0 Å². The molecule has 1 aliphatic heterocycles. The second-order valence-electron chi connectivity index (χ2n) is 4.62. The zero-order valence-corrected chi connectivity index (χ0v) is 9.82. The van der Waals surface area contributed by atoms with Gasteiger partial charge in [-0.05, 0) is 49.3 Å². The van der Waals surface area contributed by atoms with Crippen molar-refractivity contribution in [1.29, 1.82) is 0 Å². The highest BCUT2D eigenvalue weighted by atomic mass is 16.5. The summed E-state index contributed by atoms with van der Waals surface area (Å²) >= 11 is 0. The summed E-state index contributed by atoms with van der Waals surface area (Å²) < 4.78 is 5.37. The maximum atomic E-state index is 5.53. The van der Waals surface area contributed by atoms with Gasteiger partial charge in [0, 0.05) is 13.2 Å². The molecule has 0 unspecified atom stereocenters. The number of benzene rings is 1. The Bertz CT molecular complexity index is 301. The summed E-state index contributed by atoms with van der Waals surface area (Å²) in [7, 11) is 0. The number of hydrogen-bond acceptors (Lipinski definition) is 2. The summed E-state index contributed by atoms with van der Waals surface area (Å²) in [6.07, 6.45) is 4.61. The Hall–Kier alpha value is -0.860. The van der Waals surface area contributed by atoms with E-state index in [1.54, 1.807) is 0 Å². The molecule has 2 rings (SSSR count). The van der Waals surface area contributed by atoms with Crippen molar-refractivity contribution in [2.24, 2.45) is 11.7 Å². The molecule has 1 aromatic rings. The second-order valence-corrected chi connectivity index (χ2v) is 4.62. The van der Waals surface area contributed by atoms with Crippen LogP contribution in [0, 0.1) is 5.92 Å². The van der Waals surface area contributed by atoms with E-state index in [1.165, 1.54) is 30.4 Å². The molecule has 1 saturated heterocycles. The lowest BCUT2D eigenvalue weighted by Gasteiger charge is -2.21. The molecule has 1 aromatic carbocycles. The first kappa shape index (κ1) is 11.6. The van der Waals surface area contributed by atoms with E-state index in [1.807, 2.05) is 0 Å². The highest BCUT2D eigenvalue weighted by Gasteiger charge is 2.13. The summed E-state index contributed by atoms with van der Waals surface area (Å²) in [5.74, 6) is 0.814. The SMILES string of the molecule is NCCc1ccc(CC2CCOCC2)cc1. The minimum Gasteiger partial charge on any atom is -0.381 e. The lowest BCUT2D eigenvalue weighted by atomic mass is 9.92. The molecule has 0 amide bonds. The summed E-state index contributed by atoms with van der Waals surface area (Å²) in [6, 6.07) is 8.92. The van der Waals surface area contributed by atoms with Crippen LogP contribution in [0.4, 0.5) is 0 Å². The van der Waals surface area contributed by atoms with Crippen LogP contribution in [0.15, 0.2) is 24.3 Å². The predicted molar refractivity (Wildman–Crippen MR) is 66.4 cm³/mol. The van der Waals surface area contributed by atoms with E-state index >= 15 is 0 Å². The topological polar surface area (TPSA) is 35.2 Å². The molecule has 1 aliphatic rings. The minimum atomic E-state index is 0.735. The summed E-state index contributed by atoms with van der Waals surface area (Å²) in [5.41, 5.74) is 8.33. The first-order chi connectivity index (χ1) is 7.88. The van der Waals surface area contributed by atoms with E-state index in [4.69, 9.17) is 10.5 Å². The molecule has 0 spiro atoms. The molecule has 2 nitrogen and oxygen atoms in total. The Morgan fingerprint density at radius 3 is 2.31 bits per heavy atom. The average Bonchev–Trinajstić information content (AvgIpc) is 2.33. The molecule has 16 heavy (non-hydrogen) atoms. The maximum absolute atomic E-state index is 5.53. The lowest BCUT2D eigenvalue weighted by molar-refractivity contribution is 0.0665. The summed E-state index contributed by atoms with van der Waals surface area (Å²) in [6.45, 7) is 2.62. The Balaban J connectivity index is 1.88. The van der Waals surface area contributed by atoms with Crippen LogP contribution in [0.5, 0.6) is 0 Å². The van der Waals surface area contributed by atoms with Crippen molar-refractivity contribution in [3.05, 3.63) is 35.4 Å². The van der Waals surface area contributed by atoms with Crippen molar-refractivity contribution in [3.63, 3.8) is 0 Å². The third kappa shape index (κ3) is 3.32. The number of ether oxygens (including phenoxy) is 1. The Kier molecular flexibility index (Phi) is 4.37. The van der Waals surface area contributed by atoms with Gasteiger partial charge in [0.2, 0.25) is 0 Å². The van der Waals surface area contributed by atoms with Gasteiger partial charge in [-0.1, -0.05) is 24.3 Å². The molecule has 0 atom stereocenters. The van der Waals surface area contributed by atoms with Crippen LogP contribution in [0.2, 0.25) is 0 Å². The van der Waals surface area contributed by atoms with Gasteiger partial charge >= 0.3 is 0 Å². The lowest BCUT2D eigenvalue weighted by Crippen LogP contribution is -2.17. The monoisotopic (exact) mass is 219 g/mol. The highest BCUT2D eigenvalue weighted by molar-refractivity contribution is 5.23. The van der Waals surface area contributed by atoms with Crippen molar-refractivity contribution in [2.45, 2.75) is 25.7 Å². The van der Waals surface area contributed by atoms with Gasteiger partial charge in [-0.2, -0.15) is 0 Å². The van der Waals surface area contributed by atoms with Crippen molar-refractivity contribution < 1.29 is 4.74 Å². The van der Waals surface area contributed by atoms with E-state index < -0.39 is 0 Å². The summed E-state index contributed by atoms with van der Waals surface area (Å²) in [5, 5.41) is 0. The van der Waals surface area contributed by atoms with Crippen molar-refractivity contribution in [2.75, 3.05) is 19.8 Å². The predicted octanol–water partition coefficient (Wildman–Crippen LogP) is 2.16. The molecule has 2 heteroatoms. The van der Waals surface area contributed by atoms with Crippen molar-refractivity contribution in [3.8, 4) is 0 Å². The molecule has 0 aromatic heterocycles. The van der Waals surface area contributed by atoms with Crippen molar-refractivity contribution >= 4 is 0 Å². The van der Waals surface area contributed by atoms with Crippen LogP contribution in [0.3, 0.4) is 0 Å². The van der Waals surface area contributed by atoms with E-state index in [2.05, 4.69) is 24.3 Å². The number of nitrogens with two attached hydrogens (primary N) is 1. The molecule has 0 bridgehead atoms. The molecule has 0 radical (unpaired) electrons. The van der Waals surface area contributed by atoms with Gasteiger partial charge in [0.15, 0.2) is 0 Å². The number of hydrogen-bond donors (Lipinski definition) is 1. The van der Waals surface area contributed by atoms with E-state index in [0.717, 1.165) is 32.1 Å². The fraction of sp³-hybridized carbons (Fsp3) is 0.571. The first-order valence-electron chi connectivity index (χ1n) is 6.24. The first-order valence-corrected chi connectivity index (χ1v) is 6.24. The van der Waals surface area contributed by atoms with Crippen LogP contribution in [0.25, 0.3) is 0 Å². The van der Waals surface area contributed by atoms with Gasteiger partial charge in [0.1, 0.15) is 0 Å². The molecule has 2 N–H and O–H groups in total. The fourth-order valence-corrected chi connectivity index (χ4v) is 2.29. The van der Waals surface area contributed by atoms with E-state index in [-0.39, 0.29) is 0 Å². The van der Waals surface area contributed by atoms with Gasteiger partial charge in [0.05, 0.1) is 0 Å². The van der Waals surface area contributed by atoms with Gasteiger partial charge < -0.3 is 10.5 Å². The van der Waals surface area contributed by atoms with Crippen LogP contribution >= 0.6 is 0 Å². The summed E-state index contributed by atoms with van der Waals surface area (Å²) in [4.78, 5) is 0. The standard InChI is InChI=1S/C14H21NO/c15-8-5-12-1-3-13(4-2-12)11-14-6-9-16-10-7-14/h1-4,14H,5-11,15H2. The van der Waals surface area contributed by atoms with Crippen LogP contribution in [-0.2, 0) is 17.6 Å². The molecule has 0 saturated carbocycles. The molecule has 0 aliphatic carbocycles. The third-order valence-electron chi connectivity index (χ3n) is 3.32. The van der Waals surface area contributed by atoms with E-state index in [0.29, 0.717) is 0 Å². The zero-order valence-electron chi connectivity index (χ0n) is 9.82. The van der Waals surface area contributed by atoms with Gasteiger partial charge in [-0.25, -0.2) is 0 Å². The largest absolute Gasteiger partial charge is 0.381 e. The second kappa shape index (κ2) is 6.02. The maximum Gasteiger partial charge on any atom is 0.0468 e. The molecule has 1 fully saturated rings. The quantitative estimate of drug-likeness (QED) is 0.842. The van der Waals surface area contributed by atoms with Crippen LogP contribution < -0.4 is 5.73 Å². The normalized spacial score (nSPS) is 17.6. The average molecular weight is 219 g/mol.